The van der Waals surface area contributed by atoms with E-state index < -0.39 is 12.2 Å². The Kier molecular flexibility index (Phi) is 2.13. The van der Waals surface area contributed by atoms with Crippen LogP contribution < -0.4 is 0 Å². The zero-order chi connectivity index (χ0) is 14.1. The normalized spacial score (nSPS) is 30.2. The number of aliphatic hydroxyl groups excluding tert-OH is 2. The third-order valence-corrected chi connectivity index (χ3v) is 4.75. The van der Waals surface area contributed by atoms with E-state index in [2.05, 4.69) is 24.3 Å². The Morgan fingerprint density at radius 3 is 2.43 bits per heavy atom. The molecule has 3 aromatic carbocycles. The Morgan fingerprint density at radius 1 is 0.857 bits per heavy atom. The molecule has 0 aromatic heterocycles. The minimum atomic E-state index is -0.861. The molecule has 104 valence electrons. The molecule has 0 saturated carbocycles. The van der Waals surface area contributed by atoms with Gasteiger partial charge >= 0.3 is 0 Å². The van der Waals surface area contributed by atoms with Gasteiger partial charge in [-0.3, -0.25) is 0 Å². The summed E-state index contributed by atoms with van der Waals surface area (Å²) in [5.74, 6) is 0. The van der Waals surface area contributed by atoms with Gasteiger partial charge in [-0.15, -0.1) is 0 Å². The number of hydrogen-bond acceptors (Lipinski definition) is 3. The predicted molar refractivity (Wildman–Crippen MR) is 80.0 cm³/mol. The van der Waals surface area contributed by atoms with E-state index >= 15 is 0 Å². The van der Waals surface area contributed by atoms with E-state index in [1.165, 1.54) is 10.8 Å². The summed E-state index contributed by atoms with van der Waals surface area (Å²) in [5, 5.41) is 24.9. The summed E-state index contributed by atoms with van der Waals surface area (Å²) in [4.78, 5) is 0. The van der Waals surface area contributed by atoms with Crippen LogP contribution in [0.1, 0.15) is 23.3 Å². The second-order valence-electron chi connectivity index (χ2n) is 5.95. The van der Waals surface area contributed by atoms with E-state index in [1.54, 1.807) is 0 Å². The van der Waals surface area contributed by atoms with Crippen molar-refractivity contribution >= 4 is 21.5 Å². The molecule has 2 aliphatic rings. The van der Waals surface area contributed by atoms with E-state index in [4.69, 9.17) is 4.74 Å². The minimum absolute atomic E-state index is 0.0803. The standard InChI is InChI=1S/C18H14O3/c19-15-12-6-5-11-7-9-3-1-2-4-10(9)8-13(11)14(12)17-18(21-17)16(15)20/h1-8,15-20H/t15-,16-,17+,18?/m1/s1. The Hall–Kier alpha value is -1.94. The van der Waals surface area contributed by atoms with E-state index in [0.29, 0.717) is 0 Å². The molecule has 0 spiro atoms. The van der Waals surface area contributed by atoms with Crippen molar-refractivity contribution in [1.82, 2.24) is 0 Å². The lowest BCUT2D eigenvalue weighted by molar-refractivity contribution is 0.000106. The molecule has 3 nitrogen and oxygen atoms in total. The number of rotatable bonds is 0. The van der Waals surface area contributed by atoms with Crippen LogP contribution in [0.4, 0.5) is 0 Å². The second kappa shape index (κ2) is 3.83. The first-order chi connectivity index (χ1) is 10.2. The summed E-state index contributed by atoms with van der Waals surface area (Å²) < 4.78 is 5.60. The lowest BCUT2D eigenvalue weighted by Gasteiger charge is -2.24. The number of epoxide rings is 1. The van der Waals surface area contributed by atoms with Gasteiger partial charge in [0.25, 0.3) is 0 Å². The zero-order valence-electron chi connectivity index (χ0n) is 11.2. The predicted octanol–water partition coefficient (Wildman–Crippen LogP) is 2.84. The van der Waals surface area contributed by atoms with Crippen LogP contribution >= 0.6 is 0 Å². The fourth-order valence-corrected chi connectivity index (χ4v) is 3.61. The molecule has 1 unspecified atom stereocenters. The average Bonchev–Trinajstić information content (AvgIpc) is 3.30. The minimum Gasteiger partial charge on any atom is -0.387 e. The first-order valence-electron chi connectivity index (χ1n) is 7.21. The van der Waals surface area contributed by atoms with Gasteiger partial charge < -0.3 is 14.9 Å². The number of hydrogen-bond donors (Lipinski definition) is 2. The van der Waals surface area contributed by atoms with E-state index in [-0.39, 0.29) is 12.2 Å². The number of fused-ring (bicyclic) bond motifs is 6. The highest BCUT2D eigenvalue weighted by atomic mass is 16.6. The lowest BCUT2D eigenvalue weighted by atomic mass is 9.84. The van der Waals surface area contributed by atoms with Crippen LogP contribution in [0.15, 0.2) is 48.5 Å². The van der Waals surface area contributed by atoms with E-state index in [0.717, 1.165) is 21.9 Å². The molecule has 5 rings (SSSR count). The largest absolute Gasteiger partial charge is 0.387 e. The van der Waals surface area contributed by atoms with Crippen LogP contribution in [-0.2, 0) is 4.74 Å². The molecule has 0 amide bonds. The summed E-state index contributed by atoms with van der Waals surface area (Å²) in [7, 11) is 0. The highest BCUT2D eigenvalue weighted by Crippen LogP contribution is 2.53. The third kappa shape index (κ3) is 1.48. The highest BCUT2D eigenvalue weighted by Gasteiger charge is 2.54. The van der Waals surface area contributed by atoms with Crippen molar-refractivity contribution in [2.45, 2.75) is 24.4 Å². The van der Waals surface area contributed by atoms with Gasteiger partial charge in [-0.2, -0.15) is 0 Å². The van der Waals surface area contributed by atoms with Gasteiger partial charge in [0, 0.05) is 0 Å². The summed E-state index contributed by atoms with van der Waals surface area (Å²) in [6.07, 6.45) is -2.02. The van der Waals surface area contributed by atoms with Gasteiger partial charge in [-0.1, -0.05) is 36.4 Å². The van der Waals surface area contributed by atoms with Gasteiger partial charge in [-0.25, -0.2) is 0 Å². The van der Waals surface area contributed by atoms with Gasteiger partial charge in [0.2, 0.25) is 0 Å². The highest BCUT2D eigenvalue weighted by molar-refractivity contribution is 6.00. The maximum atomic E-state index is 10.3. The fraction of sp³-hybridized carbons (Fsp3) is 0.222. The fourth-order valence-electron chi connectivity index (χ4n) is 3.61. The van der Waals surface area contributed by atoms with Crippen LogP contribution in [0.2, 0.25) is 0 Å². The maximum Gasteiger partial charge on any atom is 0.118 e. The Morgan fingerprint density at radius 2 is 1.62 bits per heavy atom. The molecule has 1 aliphatic heterocycles. The van der Waals surface area contributed by atoms with Crippen molar-refractivity contribution in [3.05, 3.63) is 59.7 Å². The van der Waals surface area contributed by atoms with E-state index in [9.17, 15) is 10.2 Å². The first-order valence-corrected chi connectivity index (χ1v) is 7.21. The number of benzene rings is 3. The molecule has 21 heavy (non-hydrogen) atoms. The molecule has 1 heterocycles. The molecule has 0 radical (unpaired) electrons. The lowest BCUT2D eigenvalue weighted by Crippen LogP contribution is -2.29. The second-order valence-corrected chi connectivity index (χ2v) is 5.95. The van der Waals surface area contributed by atoms with Crippen LogP contribution in [-0.4, -0.2) is 22.4 Å². The molecule has 4 atom stereocenters. The molecule has 0 bridgehead atoms. The number of aliphatic hydroxyl groups is 2. The smallest absolute Gasteiger partial charge is 0.118 e. The molecule has 1 fully saturated rings. The summed E-state index contributed by atoms with van der Waals surface area (Å²) in [6, 6.07) is 16.5. The van der Waals surface area contributed by atoms with Crippen LogP contribution in [0, 0.1) is 0 Å². The summed E-state index contributed by atoms with van der Waals surface area (Å²) >= 11 is 0. The summed E-state index contributed by atoms with van der Waals surface area (Å²) in [5.41, 5.74) is 1.84. The van der Waals surface area contributed by atoms with Crippen molar-refractivity contribution in [1.29, 1.82) is 0 Å². The van der Waals surface area contributed by atoms with Crippen LogP contribution in [0.5, 0.6) is 0 Å². The Labute approximate surface area is 121 Å². The van der Waals surface area contributed by atoms with E-state index in [1.807, 2.05) is 24.3 Å². The topological polar surface area (TPSA) is 53.0 Å². The van der Waals surface area contributed by atoms with Gasteiger partial charge in [-0.05, 0) is 44.8 Å². The molecule has 3 aromatic rings. The molecule has 1 saturated heterocycles. The maximum absolute atomic E-state index is 10.3. The van der Waals surface area contributed by atoms with Crippen LogP contribution in [0.3, 0.4) is 0 Å². The van der Waals surface area contributed by atoms with Crippen molar-refractivity contribution in [2.75, 3.05) is 0 Å². The molecule has 2 N–H and O–H groups in total. The van der Waals surface area contributed by atoms with Crippen molar-refractivity contribution in [2.24, 2.45) is 0 Å². The van der Waals surface area contributed by atoms with Crippen molar-refractivity contribution < 1.29 is 14.9 Å². The van der Waals surface area contributed by atoms with Crippen molar-refractivity contribution in [3.8, 4) is 0 Å². The zero-order valence-corrected chi connectivity index (χ0v) is 11.2. The average molecular weight is 278 g/mol. The SMILES string of the molecule is O[C@@H]1c2ccc3cc4ccccc4cc3c2[C@@H]2OC2[C@@H]1O. The first kappa shape index (κ1) is 11.7. The summed E-state index contributed by atoms with van der Waals surface area (Å²) in [6.45, 7) is 0. The molecule has 3 heteroatoms. The molecule has 1 aliphatic carbocycles. The van der Waals surface area contributed by atoms with Gasteiger partial charge in [0.15, 0.2) is 0 Å². The van der Waals surface area contributed by atoms with Gasteiger partial charge in [0.1, 0.15) is 24.4 Å². The quantitative estimate of drug-likeness (QED) is 0.491. The molecular formula is C18H14O3. The monoisotopic (exact) mass is 278 g/mol. The van der Waals surface area contributed by atoms with Crippen molar-refractivity contribution in [3.63, 3.8) is 0 Å². The Bertz CT molecular complexity index is 886. The molecular weight excluding hydrogens is 264 g/mol. The van der Waals surface area contributed by atoms with Gasteiger partial charge in [0.05, 0.1) is 0 Å². The van der Waals surface area contributed by atoms with Crippen LogP contribution in [0.25, 0.3) is 21.5 Å². The third-order valence-electron chi connectivity index (χ3n) is 4.75. The number of ether oxygens (including phenoxy) is 1. The Balaban J connectivity index is 1.87.